The Hall–Kier alpha value is -4.20. The molecular weight excluding hydrogens is 439 g/mol. The normalized spacial score (nSPS) is 12.9. The molecule has 1 aliphatic rings. The second kappa shape index (κ2) is 9.74. The SMILES string of the molecule is C[C@H](CC(=O)Nc1cc(F)cc(C(=O)O)c1)NC(=O)OCC1c2ccccc2-c2ccccc21. The maximum absolute atomic E-state index is 13.6. The Balaban J connectivity index is 1.31. The Bertz CT molecular complexity index is 1210. The average molecular weight is 462 g/mol. The molecule has 1 atom stereocenters. The molecule has 0 fully saturated rings. The van der Waals surface area contributed by atoms with Gasteiger partial charge in [0.25, 0.3) is 0 Å². The summed E-state index contributed by atoms with van der Waals surface area (Å²) in [4.78, 5) is 35.7. The molecule has 3 N–H and O–H groups in total. The molecular formula is C26H23FN2O5. The molecule has 34 heavy (non-hydrogen) atoms. The zero-order valence-electron chi connectivity index (χ0n) is 18.4. The smallest absolute Gasteiger partial charge is 0.407 e. The van der Waals surface area contributed by atoms with E-state index >= 15 is 0 Å². The van der Waals surface area contributed by atoms with Crippen molar-refractivity contribution in [2.75, 3.05) is 11.9 Å². The molecule has 1 aliphatic carbocycles. The first kappa shape index (κ1) is 23.0. The second-order valence-electron chi connectivity index (χ2n) is 8.16. The first-order chi connectivity index (χ1) is 16.3. The molecule has 0 saturated heterocycles. The quantitative estimate of drug-likeness (QED) is 0.469. The number of rotatable bonds is 7. The third-order valence-corrected chi connectivity index (χ3v) is 5.63. The molecule has 7 nitrogen and oxygen atoms in total. The van der Waals surface area contributed by atoms with Crippen LogP contribution in [0.4, 0.5) is 14.9 Å². The van der Waals surface area contributed by atoms with Crippen molar-refractivity contribution in [3.05, 3.63) is 89.2 Å². The van der Waals surface area contributed by atoms with Gasteiger partial charge in [-0.1, -0.05) is 48.5 Å². The molecule has 2 amide bonds. The number of halogens is 1. The van der Waals surface area contributed by atoms with Crippen LogP contribution >= 0.6 is 0 Å². The van der Waals surface area contributed by atoms with Gasteiger partial charge in [-0.2, -0.15) is 0 Å². The average Bonchev–Trinajstić information content (AvgIpc) is 3.10. The van der Waals surface area contributed by atoms with Gasteiger partial charge in [-0.3, -0.25) is 4.79 Å². The van der Waals surface area contributed by atoms with Gasteiger partial charge in [-0.15, -0.1) is 0 Å². The summed E-state index contributed by atoms with van der Waals surface area (Å²) in [5, 5.41) is 14.1. The molecule has 3 aromatic rings. The summed E-state index contributed by atoms with van der Waals surface area (Å²) in [5.41, 5.74) is 4.19. The highest BCUT2D eigenvalue weighted by Crippen LogP contribution is 2.44. The van der Waals surface area contributed by atoms with E-state index in [1.807, 2.05) is 48.5 Å². The molecule has 3 aromatic carbocycles. The molecule has 0 bridgehead atoms. The number of alkyl carbamates (subject to hydrolysis) is 1. The van der Waals surface area contributed by atoms with Gasteiger partial charge < -0.3 is 20.5 Å². The standard InChI is InChI=1S/C26H23FN2O5/c1-15(10-24(30)29-18-12-16(25(31)32)11-17(27)13-18)28-26(33)34-14-23-21-8-4-2-6-19(21)20-7-3-5-9-22(20)23/h2-9,11-13,15,23H,10,14H2,1H3,(H,28,33)(H,29,30)(H,31,32)/t15-/m1/s1. The van der Waals surface area contributed by atoms with Gasteiger partial charge in [0, 0.05) is 24.1 Å². The first-order valence-electron chi connectivity index (χ1n) is 10.8. The van der Waals surface area contributed by atoms with Gasteiger partial charge >= 0.3 is 12.1 Å². The molecule has 0 unspecified atom stereocenters. The maximum Gasteiger partial charge on any atom is 0.407 e. The summed E-state index contributed by atoms with van der Waals surface area (Å²) in [7, 11) is 0. The lowest BCUT2D eigenvalue weighted by molar-refractivity contribution is -0.116. The van der Waals surface area contributed by atoms with Crippen molar-refractivity contribution >= 4 is 23.7 Å². The number of carboxylic acid groups (broad SMARTS) is 1. The number of hydrogen-bond acceptors (Lipinski definition) is 4. The lowest BCUT2D eigenvalue weighted by Gasteiger charge is -2.17. The Kier molecular flexibility index (Phi) is 6.58. The summed E-state index contributed by atoms with van der Waals surface area (Å²) in [6.45, 7) is 1.79. The van der Waals surface area contributed by atoms with Crippen LogP contribution in [-0.2, 0) is 9.53 Å². The minimum Gasteiger partial charge on any atom is -0.478 e. The van der Waals surface area contributed by atoms with Crippen molar-refractivity contribution in [1.82, 2.24) is 5.32 Å². The van der Waals surface area contributed by atoms with E-state index in [1.165, 1.54) is 0 Å². The van der Waals surface area contributed by atoms with Crippen molar-refractivity contribution in [3.8, 4) is 11.1 Å². The Morgan fingerprint density at radius 1 is 1.00 bits per heavy atom. The summed E-state index contributed by atoms with van der Waals surface area (Å²) in [6.07, 6.45) is -0.760. The molecule has 174 valence electrons. The maximum atomic E-state index is 13.6. The van der Waals surface area contributed by atoms with E-state index in [0.29, 0.717) is 0 Å². The number of fused-ring (bicyclic) bond motifs is 3. The third kappa shape index (κ3) is 5.06. The Labute approximate surface area is 195 Å². The highest BCUT2D eigenvalue weighted by molar-refractivity contribution is 5.94. The predicted octanol–water partition coefficient (Wildman–Crippen LogP) is 4.78. The number of carboxylic acids is 1. The summed E-state index contributed by atoms with van der Waals surface area (Å²) in [6, 6.07) is 18.5. The van der Waals surface area contributed by atoms with Crippen molar-refractivity contribution in [2.45, 2.75) is 25.3 Å². The third-order valence-electron chi connectivity index (χ3n) is 5.63. The van der Waals surface area contributed by atoms with Gasteiger partial charge in [-0.25, -0.2) is 14.0 Å². The second-order valence-corrected chi connectivity index (χ2v) is 8.16. The number of hydrogen-bond donors (Lipinski definition) is 3. The fourth-order valence-corrected chi connectivity index (χ4v) is 4.17. The van der Waals surface area contributed by atoms with E-state index in [0.717, 1.165) is 40.5 Å². The van der Waals surface area contributed by atoms with Crippen molar-refractivity contribution in [2.24, 2.45) is 0 Å². The molecule has 8 heteroatoms. The van der Waals surface area contributed by atoms with Gasteiger partial charge in [0.05, 0.1) is 5.56 Å². The number of nitrogens with one attached hydrogen (secondary N) is 2. The number of benzene rings is 3. The van der Waals surface area contributed by atoms with Crippen LogP contribution in [0.3, 0.4) is 0 Å². The van der Waals surface area contributed by atoms with Crippen LogP contribution in [0.15, 0.2) is 66.7 Å². The molecule has 4 rings (SSSR count). The molecule has 0 spiro atoms. The van der Waals surface area contributed by atoms with Crippen LogP contribution in [-0.4, -0.2) is 35.7 Å². The number of ether oxygens (including phenoxy) is 1. The van der Waals surface area contributed by atoms with Crippen LogP contribution in [0.2, 0.25) is 0 Å². The molecule has 0 aliphatic heterocycles. The van der Waals surface area contributed by atoms with E-state index in [1.54, 1.807) is 6.92 Å². The summed E-state index contributed by atoms with van der Waals surface area (Å²) < 4.78 is 19.1. The van der Waals surface area contributed by atoms with Crippen LogP contribution < -0.4 is 10.6 Å². The van der Waals surface area contributed by atoms with Crippen molar-refractivity contribution < 1.29 is 28.6 Å². The lowest BCUT2D eigenvalue weighted by atomic mass is 9.98. The predicted molar refractivity (Wildman–Crippen MR) is 124 cm³/mol. The van der Waals surface area contributed by atoms with Crippen LogP contribution in [0.25, 0.3) is 11.1 Å². The van der Waals surface area contributed by atoms with E-state index in [9.17, 15) is 18.8 Å². The summed E-state index contributed by atoms with van der Waals surface area (Å²) >= 11 is 0. The minimum atomic E-state index is -1.31. The van der Waals surface area contributed by atoms with Gasteiger partial charge in [0.15, 0.2) is 0 Å². The highest BCUT2D eigenvalue weighted by Gasteiger charge is 2.29. The largest absolute Gasteiger partial charge is 0.478 e. The highest BCUT2D eigenvalue weighted by atomic mass is 19.1. The monoisotopic (exact) mass is 462 g/mol. The van der Waals surface area contributed by atoms with E-state index in [2.05, 4.69) is 10.6 Å². The molecule has 0 saturated carbocycles. The van der Waals surface area contributed by atoms with Gasteiger partial charge in [0.1, 0.15) is 12.4 Å². The number of aromatic carboxylic acids is 1. The summed E-state index contributed by atoms with van der Waals surface area (Å²) in [5.74, 6) is -2.66. The van der Waals surface area contributed by atoms with Gasteiger partial charge in [0.2, 0.25) is 5.91 Å². The molecule has 0 aromatic heterocycles. The van der Waals surface area contributed by atoms with Crippen molar-refractivity contribution in [3.63, 3.8) is 0 Å². The topological polar surface area (TPSA) is 105 Å². The van der Waals surface area contributed by atoms with Crippen LogP contribution in [0.5, 0.6) is 0 Å². The number of amides is 2. The Morgan fingerprint density at radius 3 is 2.24 bits per heavy atom. The molecule has 0 radical (unpaired) electrons. The minimum absolute atomic E-state index is 0.0238. The Morgan fingerprint density at radius 2 is 1.62 bits per heavy atom. The fourth-order valence-electron chi connectivity index (χ4n) is 4.17. The van der Waals surface area contributed by atoms with Crippen molar-refractivity contribution in [1.29, 1.82) is 0 Å². The zero-order chi connectivity index (χ0) is 24.2. The van der Waals surface area contributed by atoms with Gasteiger partial charge in [-0.05, 0) is 47.4 Å². The van der Waals surface area contributed by atoms with E-state index in [-0.39, 0.29) is 30.2 Å². The van der Waals surface area contributed by atoms with E-state index < -0.39 is 29.8 Å². The van der Waals surface area contributed by atoms with Crippen LogP contribution in [0.1, 0.15) is 40.7 Å². The fraction of sp³-hybridized carbons (Fsp3) is 0.192. The lowest BCUT2D eigenvalue weighted by Crippen LogP contribution is -2.36. The number of carbonyl (C=O) groups is 3. The van der Waals surface area contributed by atoms with E-state index in [4.69, 9.17) is 9.84 Å². The first-order valence-corrected chi connectivity index (χ1v) is 10.8. The molecule has 0 heterocycles. The number of carbonyl (C=O) groups excluding carboxylic acids is 2. The zero-order valence-corrected chi connectivity index (χ0v) is 18.4. The van der Waals surface area contributed by atoms with Crippen LogP contribution in [0, 0.1) is 5.82 Å². The number of anilines is 1.